The topological polar surface area (TPSA) is 26.7 Å². The molecule has 3 heteroatoms. The monoisotopic (exact) mass is 290 g/mol. The molecule has 1 saturated heterocycles. The highest BCUT2D eigenvalue weighted by molar-refractivity contribution is 5.22. The highest BCUT2D eigenvalue weighted by atomic mass is 16.3. The summed E-state index contributed by atoms with van der Waals surface area (Å²) >= 11 is 0. The molecular formula is C18H30N2O. The summed E-state index contributed by atoms with van der Waals surface area (Å²) in [6.45, 7) is 11.3. The summed E-state index contributed by atoms with van der Waals surface area (Å²) < 4.78 is 0. The van der Waals surface area contributed by atoms with E-state index in [-0.39, 0.29) is 6.61 Å². The molecule has 118 valence electrons. The van der Waals surface area contributed by atoms with Gasteiger partial charge in [0, 0.05) is 44.9 Å². The third-order valence-corrected chi connectivity index (χ3v) is 4.58. The first-order chi connectivity index (χ1) is 10.1. The van der Waals surface area contributed by atoms with Gasteiger partial charge in [0.2, 0.25) is 0 Å². The Kier molecular flexibility index (Phi) is 6.22. The fraction of sp³-hybridized carbons (Fsp3) is 0.667. The van der Waals surface area contributed by atoms with Gasteiger partial charge in [-0.1, -0.05) is 31.2 Å². The number of benzene rings is 1. The molecule has 0 aromatic heterocycles. The lowest BCUT2D eigenvalue weighted by atomic mass is 10.0. The Morgan fingerprint density at radius 2 is 1.81 bits per heavy atom. The number of nitrogens with zero attached hydrogens (tertiary/aromatic N) is 2. The van der Waals surface area contributed by atoms with Crippen LogP contribution in [0.2, 0.25) is 0 Å². The maximum absolute atomic E-state index is 9.31. The largest absolute Gasteiger partial charge is 0.396 e. The number of hydrogen-bond acceptors (Lipinski definition) is 3. The second-order valence-electron chi connectivity index (χ2n) is 6.40. The summed E-state index contributed by atoms with van der Waals surface area (Å²) in [5.74, 6) is 0. The zero-order chi connectivity index (χ0) is 15.2. The summed E-state index contributed by atoms with van der Waals surface area (Å²) in [5.41, 5.74) is 2.80. The molecule has 1 heterocycles. The van der Waals surface area contributed by atoms with Gasteiger partial charge in [-0.3, -0.25) is 9.80 Å². The first-order valence-corrected chi connectivity index (χ1v) is 8.30. The van der Waals surface area contributed by atoms with Crippen molar-refractivity contribution in [1.29, 1.82) is 0 Å². The zero-order valence-corrected chi connectivity index (χ0v) is 13.8. The van der Waals surface area contributed by atoms with Crippen LogP contribution in [-0.4, -0.2) is 53.2 Å². The van der Waals surface area contributed by atoms with E-state index in [1.54, 1.807) is 0 Å². The van der Waals surface area contributed by atoms with Gasteiger partial charge in [-0.2, -0.15) is 0 Å². The van der Waals surface area contributed by atoms with Gasteiger partial charge < -0.3 is 5.11 Å². The fourth-order valence-electron chi connectivity index (χ4n) is 3.30. The van der Waals surface area contributed by atoms with Crippen LogP contribution in [0.25, 0.3) is 0 Å². The normalized spacial score (nSPS) is 21.1. The Labute approximate surface area is 129 Å². The molecule has 1 fully saturated rings. The van der Waals surface area contributed by atoms with Crippen LogP contribution in [0.4, 0.5) is 0 Å². The van der Waals surface area contributed by atoms with Gasteiger partial charge in [0.1, 0.15) is 0 Å². The number of piperazine rings is 1. The Morgan fingerprint density at radius 1 is 1.14 bits per heavy atom. The second kappa shape index (κ2) is 7.92. The molecule has 0 aliphatic carbocycles. The maximum atomic E-state index is 9.31. The van der Waals surface area contributed by atoms with Crippen LogP contribution in [-0.2, 0) is 13.0 Å². The van der Waals surface area contributed by atoms with E-state index >= 15 is 0 Å². The zero-order valence-electron chi connectivity index (χ0n) is 13.8. The van der Waals surface area contributed by atoms with Gasteiger partial charge >= 0.3 is 0 Å². The third kappa shape index (κ3) is 4.53. The maximum Gasteiger partial charge on any atom is 0.0446 e. The molecule has 1 unspecified atom stereocenters. The van der Waals surface area contributed by atoms with Crippen molar-refractivity contribution in [3.63, 3.8) is 0 Å². The van der Waals surface area contributed by atoms with E-state index in [2.05, 4.69) is 54.8 Å². The molecular weight excluding hydrogens is 260 g/mol. The predicted molar refractivity (Wildman–Crippen MR) is 88.4 cm³/mol. The Morgan fingerprint density at radius 3 is 2.38 bits per heavy atom. The van der Waals surface area contributed by atoms with Crippen molar-refractivity contribution in [3.8, 4) is 0 Å². The molecule has 1 aliphatic rings. The molecule has 21 heavy (non-hydrogen) atoms. The molecule has 1 aliphatic heterocycles. The number of aliphatic hydroxyl groups excluding tert-OH is 1. The first-order valence-electron chi connectivity index (χ1n) is 8.30. The summed E-state index contributed by atoms with van der Waals surface area (Å²) in [5, 5.41) is 9.31. The molecule has 0 amide bonds. The molecule has 0 bridgehead atoms. The van der Waals surface area contributed by atoms with Gasteiger partial charge in [-0.25, -0.2) is 0 Å². The van der Waals surface area contributed by atoms with Gasteiger partial charge in [0.05, 0.1) is 0 Å². The number of hydrogen-bond donors (Lipinski definition) is 1. The van der Waals surface area contributed by atoms with Crippen LogP contribution < -0.4 is 0 Å². The lowest BCUT2D eigenvalue weighted by Gasteiger charge is -2.43. The van der Waals surface area contributed by atoms with Crippen LogP contribution in [0.15, 0.2) is 24.3 Å². The molecule has 1 N–H and O–H groups in total. The standard InChI is InChI=1S/C18H30N2O/c1-4-16-5-7-17(8-6-16)13-19-10-11-20(15(2)3)18(14-19)9-12-21/h5-8,15,18,21H,4,9-14H2,1-3H3. The fourth-order valence-corrected chi connectivity index (χ4v) is 3.30. The van der Waals surface area contributed by atoms with E-state index in [1.807, 2.05) is 0 Å². The van der Waals surface area contributed by atoms with Crippen molar-refractivity contribution in [1.82, 2.24) is 9.80 Å². The summed E-state index contributed by atoms with van der Waals surface area (Å²) in [7, 11) is 0. The number of aliphatic hydroxyl groups is 1. The van der Waals surface area contributed by atoms with Crippen LogP contribution in [0, 0.1) is 0 Å². The van der Waals surface area contributed by atoms with Crippen molar-refractivity contribution in [3.05, 3.63) is 35.4 Å². The van der Waals surface area contributed by atoms with Gasteiger partial charge in [-0.05, 0) is 37.8 Å². The van der Waals surface area contributed by atoms with Crippen molar-refractivity contribution < 1.29 is 5.11 Å². The highest BCUT2D eigenvalue weighted by Gasteiger charge is 2.27. The molecule has 3 nitrogen and oxygen atoms in total. The SMILES string of the molecule is CCc1ccc(CN2CCN(C(C)C)C(CCO)C2)cc1. The Bertz CT molecular complexity index is 416. The average molecular weight is 290 g/mol. The van der Waals surface area contributed by atoms with Crippen molar-refractivity contribution in [2.24, 2.45) is 0 Å². The highest BCUT2D eigenvalue weighted by Crippen LogP contribution is 2.18. The smallest absolute Gasteiger partial charge is 0.0446 e. The first kappa shape index (κ1) is 16.5. The molecule has 0 saturated carbocycles. The Balaban J connectivity index is 1.94. The van der Waals surface area contributed by atoms with Gasteiger partial charge in [-0.15, -0.1) is 0 Å². The number of aryl methyl sites for hydroxylation is 1. The lowest BCUT2D eigenvalue weighted by Crippen LogP contribution is -2.55. The van der Waals surface area contributed by atoms with E-state index in [4.69, 9.17) is 0 Å². The van der Waals surface area contributed by atoms with Crippen LogP contribution >= 0.6 is 0 Å². The molecule has 0 radical (unpaired) electrons. The van der Waals surface area contributed by atoms with Crippen LogP contribution in [0.3, 0.4) is 0 Å². The quantitative estimate of drug-likeness (QED) is 0.872. The molecule has 1 aromatic carbocycles. The number of rotatable bonds is 6. The van der Waals surface area contributed by atoms with E-state index in [1.165, 1.54) is 11.1 Å². The third-order valence-electron chi connectivity index (χ3n) is 4.58. The second-order valence-corrected chi connectivity index (χ2v) is 6.40. The molecule has 1 aromatic rings. The van der Waals surface area contributed by atoms with E-state index in [0.29, 0.717) is 12.1 Å². The average Bonchev–Trinajstić information content (AvgIpc) is 2.48. The summed E-state index contributed by atoms with van der Waals surface area (Å²) in [6, 6.07) is 10.0. The summed E-state index contributed by atoms with van der Waals surface area (Å²) in [6.07, 6.45) is 1.98. The summed E-state index contributed by atoms with van der Waals surface area (Å²) in [4.78, 5) is 5.06. The van der Waals surface area contributed by atoms with Gasteiger partial charge in [0.15, 0.2) is 0 Å². The molecule has 1 atom stereocenters. The van der Waals surface area contributed by atoms with E-state index in [9.17, 15) is 5.11 Å². The minimum atomic E-state index is 0.285. The predicted octanol–water partition coefficient (Wildman–Crippen LogP) is 2.53. The minimum Gasteiger partial charge on any atom is -0.396 e. The van der Waals surface area contributed by atoms with Crippen LogP contribution in [0.5, 0.6) is 0 Å². The van der Waals surface area contributed by atoms with E-state index < -0.39 is 0 Å². The molecule has 2 rings (SSSR count). The van der Waals surface area contributed by atoms with Crippen molar-refractivity contribution in [2.45, 2.75) is 52.2 Å². The molecule has 0 spiro atoms. The van der Waals surface area contributed by atoms with E-state index in [0.717, 1.165) is 39.0 Å². The van der Waals surface area contributed by atoms with Crippen molar-refractivity contribution >= 4 is 0 Å². The van der Waals surface area contributed by atoms with Crippen molar-refractivity contribution in [2.75, 3.05) is 26.2 Å². The van der Waals surface area contributed by atoms with Crippen LogP contribution in [0.1, 0.15) is 38.3 Å². The minimum absolute atomic E-state index is 0.285. The lowest BCUT2D eigenvalue weighted by molar-refractivity contribution is 0.0349. The Hall–Kier alpha value is -0.900. The van der Waals surface area contributed by atoms with Gasteiger partial charge in [0.25, 0.3) is 0 Å².